The monoisotopic (exact) mass is 428 g/mol. The average molecular weight is 429 g/mol. The summed E-state index contributed by atoms with van der Waals surface area (Å²) in [4.78, 5) is 12.6. The van der Waals surface area contributed by atoms with Crippen LogP contribution in [0.15, 0.2) is 82.4 Å². The van der Waals surface area contributed by atoms with Crippen molar-refractivity contribution in [3.8, 4) is 11.6 Å². The molecule has 0 saturated carbocycles. The lowest BCUT2D eigenvalue weighted by Gasteiger charge is -2.09. The molecule has 3 aromatic carbocycles. The van der Waals surface area contributed by atoms with Gasteiger partial charge >= 0.3 is 0 Å². The standard InChI is InChI=1S/C24H20N4O2S/c1-2-28-23(21-14-17-9-4-6-13-20(17)30-21)26-27-24(28)31-15-22(29)25-19-12-7-10-16-8-3-5-11-18(16)19/h3-14H,2,15H2,1H3,(H,25,29). The maximum atomic E-state index is 12.6. The normalized spacial score (nSPS) is 11.3. The minimum absolute atomic E-state index is 0.0858. The Hall–Kier alpha value is -3.58. The van der Waals surface area contributed by atoms with Gasteiger partial charge in [-0.15, -0.1) is 10.2 Å². The van der Waals surface area contributed by atoms with E-state index in [1.165, 1.54) is 11.8 Å². The summed E-state index contributed by atoms with van der Waals surface area (Å²) in [7, 11) is 0. The highest BCUT2D eigenvalue weighted by Gasteiger charge is 2.18. The summed E-state index contributed by atoms with van der Waals surface area (Å²) in [5.41, 5.74) is 1.62. The number of rotatable bonds is 6. The van der Waals surface area contributed by atoms with Crippen molar-refractivity contribution in [2.75, 3.05) is 11.1 Å². The van der Waals surface area contributed by atoms with E-state index < -0.39 is 0 Å². The third kappa shape index (κ3) is 3.80. The molecule has 0 unspecified atom stereocenters. The molecule has 0 radical (unpaired) electrons. The smallest absolute Gasteiger partial charge is 0.234 e. The van der Waals surface area contributed by atoms with E-state index in [-0.39, 0.29) is 11.7 Å². The third-order valence-electron chi connectivity index (χ3n) is 5.08. The molecule has 1 N–H and O–H groups in total. The first-order valence-electron chi connectivity index (χ1n) is 10.1. The molecule has 1 amide bonds. The SMILES string of the molecule is CCn1c(SCC(=O)Nc2cccc3ccccc23)nnc1-c1cc2ccccc2o1. The summed E-state index contributed by atoms with van der Waals surface area (Å²) >= 11 is 1.36. The number of hydrogen-bond donors (Lipinski definition) is 1. The quantitative estimate of drug-likeness (QED) is 0.357. The Kier molecular flexibility index (Phi) is 5.18. The van der Waals surface area contributed by atoms with E-state index in [1.807, 2.05) is 84.3 Å². The number of hydrogen-bond acceptors (Lipinski definition) is 5. The lowest BCUT2D eigenvalue weighted by atomic mass is 10.1. The number of benzene rings is 3. The molecule has 5 rings (SSSR count). The van der Waals surface area contributed by atoms with Crippen LogP contribution in [0.2, 0.25) is 0 Å². The molecule has 154 valence electrons. The fourth-order valence-corrected chi connectivity index (χ4v) is 4.41. The summed E-state index contributed by atoms with van der Waals surface area (Å²) < 4.78 is 7.91. The number of carbonyl (C=O) groups excluding carboxylic acids is 1. The predicted molar refractivity (Wildman–Crippen MR) is 124 cm³/mol. The average Bonchev–Trinajstić information content (AvgIpc) is 3.41. The molecule has 6 nitrogen and oxygen atoms in total. The second-order valence-electron chi connectivity index (χ2n) is 7.06. The third-order valence-corrected chi connectivity index (χ3v) is 6.04. The van der Waals surface area contributed by atoms with Crippen molar-refractivity contribution in [1.29, 1.82) is 0 Å². The number of fused-ring (bicyclic) bond motifs is 2. The lowest BCUT2D eigenvalue weighted by molar-refractivity contribution is -0.113. The highest BCUT2D eigenvalue weighted by Crippen LogP contribution is 2.29. The zero-order chi connectivity index (χ0) is 21.2. The van der Waals surface area contributed by atoms with Gasteiger partial charge in [0, 0.05) is 23.0 Å². The molecule has 2 aromatic heterocycles. The summed E-state index contributed by atoms with van der Waals surface area (Å²) in [5.74, 6) is 1.48. The first-order chi connectivity index (χ1) is 15.2. The zero-order valence-electron chi connectivity index (χ0n) is 16.9. The maximum absolute atomic E-state index is 12.6. The van der Waals surface area contributed by atoms with Gasteiger partial charge in [-0.2, -0.15) is 0 Å². The second kappa shape index (κ2) is 8.28. The maximum Gasteiger partial charge on any atom is 0.234 e. The van der Waals surface area contributed by atoms with Crippen molar-refractivity contribution < 1.29 is 9.21 Å². The van der Waals surface area contributed by atoms with Gasteiger partial charge < -0.3 is 9.73 Å². The van der Waals surface area contributed by atoms with E-state index in [0.717, 1.165) is 27.4 Å². The first-order valence-corrected chi connectivity index (χ1v) is 11.0. The van der Waals surface area contributed by atoms with Crippen molar-refractivity contribution in [2.45, 2.75) is 18.6 Å². The molecule has 31 heavy (non-hydrogen) atoms. The minimum Gasteiger partial charge on any atom is -0.453 e. The van der Waals surface area contributed by atoms with Crippen LogP contribution in [0.3, 0.4) is 0 Å². The van der Waals surface area contributed by atoms with Gasteiger partial charge in [-0.25, -0.2) is 0 Å². The number of para-hydroxylation sites is 1. The lowest BCUT2D eigenvalue weighted by Crippen LogP contribution is -2.15. The molecule has 0 aliphatic heterocycles. The van der Waals surface area contributed by atoms with E-state index >= 15 is 0 Å². The Labute approximate surface area is 183 Å². The summed E-state index contributed by atoms with van der Waals surface area (Å²) in [5, 5.41) is 15.5. The van der Waals surface area contributed by atoms with Crippen LogP contribution in [0.25, 0.3) is 33.3 Å². The van der Waals surface area contributed by atoms with Gasteiger partial charge in [0.05, 0.1) is 5.75 Å². The van der Waals surface area contributed by atoms with Gasteiger partial charge in [0.2, 0.25) is 11.7 Å². The van der Waals surface area contributed by atoms with Gasteiger partial charge in [0.25, 0.3) is 0 Å². The van der Waals surface area contributed by atoms with E-state index in [0.29, 0.717) is 23.3 Å². The molecule has 0 bridgehead atoms. The number of nitrogens with one attached hydrogen (secondary N) is 1. The fraction of sp³-hybridized carbons (Fsp3) is 0.125. The number of thioether (sulfide) groups is 1. The van der Waals surface area contributed by atoms with Gasteiger partial charge in [-0.1, -0.05) is 66.4 Å². The van der Waals surface area contributed by atoms with Crippen LogP contribution < -0.4 is 5.32 Å². The molecule has 0 saturated heterocycles. The van der Waals surface area contributed by atoms with Crippen molar-refractivity contribution in [1.82, 2.24) is 14.8 Å². The molecule has 5 aromatic rings. The predicted octanol–water partition coefficient (Wildman–Crippen LogP) is 5.60. The van der Waals surface area contributed by atoms with E-state index in [9.17, 15) is 4.79 Å². The molecule has 0 aliphatic carbocycles. The van der Waals surface area contributed by atoms with E-state index in [4.69, 9.17) is 4.42 Å². The van der Waals surface area contributed by atoms with E-state index in [2.05, 4.69) is 15.5 Å². The zero-order valence-corrected chi connectivity index (χ0v) is 17.7. The molecule has 0 atom stereocenters. The topological polar surface area (TPSA) is 73.0 Å². The van der Waals surface area contributed by atoms with Crippen LogP contribution in [0.1, 0.15) is 6.92 Å². The number of amides is 1. The molecular weight excluding hydrogens is 408 g/mol. The van der Waals surface area contributed by atoms with Crippen molar-refractivity contribution in [3.05, 3.63) is 72.8 Å². The van der Waals surface area contributed by atoms with E-state index in [1.54, 1.807) is 0 Å². The Bertz CT molecular complexity index is 1350. The Morgan fingerprint density at radius 2 is 1.77 bits per heavy atom. The van der Waals surface area contributed by atoms with Gasteiger partial charge in [0.1, 0.15) is 5.58 Å². The van der Waals surface area contributed by atoms with Crippen molar-refractivity contribution >= 4 is 45.1 Å². The van der Waals surface area contributed by atoms with Gasteiger partial charge in [-0.05, 0) is 30.5 Å². The van der Waals surface area contributed by atoms with Crippen LogP contribution in [0, 0.1) is 0 Å². The van der Waals surface area contributed by atoms with Crippen LogP contribution in [0.4, 0.5) is 5.69 Å². The van der Waals surface area contributed by atoms with Gasteiger partial charge in [0.15, 0.2) is 10.9 Å². The van der Waals surface area contributed by atoms with Crippen LogP contribution in [-0.4, -0.2) is 26.4 Å². The minimum atomic E-state index is -0.0858. The van der Waals surface area contributed by atoms with Gasteiger partial charge in [-0.3, -0.25) is 9.36 Å². The Morgan fingerprint density at radius 3 is 2.61 bits per heavy atom. The highest BCUT2D eigenvalue weighted by atomic mass is 32.2. The molecule has 0 fully saturated rings. The van der Waals surface area contributed by atoms with Crippen LogP contribution in [0.5, 0.6) is 0 Å². The largest absolute Gasteiger partial charge is 0.453 e. The molecule has 7 heteroatoms. The summed E-state index contributed by atoms with van der Waals surface area (Å²) in [6.45, 7) is 2.70. The number of carbonyl (C=O) groups is 1. The Balaban J connectivity index is 1.33. The molecule has 0 spiro atoms. The number of nitrogens with zero attached hydrogens (tertiary/aromatic N) is 3. The van der Waals surface area contributed by atoms with Crippen LogP contribution in [-0.2, 0) is 11.3 Å². The number of furan rings is 1. The van der Waals surface area contributed by atoms with Crippen molar-refractivity contribution in [2.24, 2.45) is 0 Å². The summed E-state index contributed by atoms with van der Waals surface area (Å²) in [6, 6.07) is 23.7. The molecule has 0 aliphatic rings. The Morgan fingerprint density at radius 1 is 1.00 bits per heavy atom. The van der Waals surface area contributed by atoms with Crippen molar-refractivity contribution in [3.63, 3.8) is 0 Å². The second-order valence-corrected chi connectivity index (χ2v) is 8.00. The highest BCUT2D eigenvalue weighted by molar-refractivity contribution is 7.99. The summed E-state index contributed by atoms with van der Waals surface area (Å²) in [6.07, 6.45) is 0. The fourth-order valence-electron chi connectivity index (χ4n) is 3.61. The first kappa shape index (κ1) is 19.4. The molecule has 2 heterocycles. The molecular formula is C24H20N4O2S. The number of anilines is 1. The number of aromatic nitrogens is 3. The van der Waals surface area contributed by atoms with Crippen LogP contribution >= 0.6 is 11.8 Å².